The van der Waals surface area contributed by atoms with Crippen molar-refractivity contribution in [1.29, 1.82) is 0 Å². The van der Waals surface area contributed by atoms with E-state index in [9.17, 15) is 24.6 Å². The first-order valence-corrected chi connectivity index (χ1v) is 39.0. The Morgan fingerprint density at radius 3 is 1.80 bits per heavy atom. The Balaban J connectivity index is 1.09. The van der Waals surface area contributed by atoms with Crippen molar-refractivity contribution in [3.8, 4) is 5.75 Å². The highest BCUT2D eigenvalue weighted by atomic mass is 33.1. The van der Waals surface area contributed by atoms with Crippen LogP contribution in [0.15, 0.2) is 206 Å². The van der Waals surface area contributed by atoms with E-state index < -0.39 is 130 Å². The van der Waals surface area contributed by atoms with E-state index in [1.165, 1.54) is 30.8 Å². The Morgan fingerprint density at radius 2 is 1.20 bits per heavy atom. The van der Waals surface area contributed by atoms with Crippen LogP contribution in [0.1, 0.15) is 98.7 Å². The summed E-state index contributed by atoms with van der Waals surface area (Å²) in [6.45, 7) is 6.47. The molecule has 7 aromatic carbocycles. The lowest BCUT2D eigenvalue weighted by atomic mass is 9.84. The molecule has 10 amide bonds. The maximum atomic E-state index is 15.6. The first kappa shape index (κ1) is 80.7. The SMILES string of the molecule is C[C@@H](O)[C@@H]1NC(=O)[C@H](CCCCNC(=O)OC(C)(C)C)NC(=O)[C@@H](CC2=CCc3ccccc32)NC(=O)[C@H](Cc2ccc(O)cc2)CC(=O)[C@@H](NC(=O)[C@@H](Cc2ccccc2)NC(=O)Nc2ccccc2)CSSC[C@@H](C(=O)N[C@@H](CSC(c2ccccc2)(c2ccccc2)c2ccccc2)C(N)=O)NC1=O. The molecule has 9 rings (SSSR count). The number of urea groups is 1. The van der Waals surface area contributed by atoms with Crippen molar-refractivity contribution in [3.63, 3.8) is 0 Å². The number of nitrogens with two attached hydrogens (primary N) is 1. The smallest absolute Gasteiger partial charge is 0.407 e. The van der Waals surface area contributed by atoms with E-state index in [2.05, 4.69) is 47.9 Å². The molecule has 0 radical (unpaired) electrons. The third-order valence-corrected chi connectivity index (χ3v) is 22.1. The summed E-state index contributed by atoms with van der Waals surface area (Å²) in [5.41, 5.74) is 12.0. The molecule has 1 saturated heterocycles. The Kier molecular flexibility index (Phi) is 29.6. The summed E-state index contributed by atoms with van der Waals surface area (Å²) >= 11 is 1.34. The lowest BCUT2D eigenvalue weighted by molar-refractivity contribution is -0.137. The van der Waals surface area contributed by atoms with Crippen LogP contribution in [0, 0.1) is 5.92 Å². The lowest BCUT2D eigenvalue weighted by Crippen LogP contribution is -2.62. The molecule has 0 spiro atoms. The number of phenolic OH excluding ortho intramolecular Hbond substituents is 1. The summed E-state index contributed by atoms with van der Waals surface area (Å²) in [6, 6.07) is 48.5. The molecule has 13 N–H and O–H groups in total. The van der Waals surface area contributed by atoms with Crippen molar-refractivity contribution in [2.24, 2.45) is 11.7 Å². The molecular formula is C81H92N10O13S3. The fourth-order valence-corrected chi connectivity index (χ4v) is 16.5. The minimum Gasteiger partial charge on any atom is -0.508 e. The number of allylic oxidation sites excluding steroid dienone is 1. The number of aliphatic hydroxyl groups excluding tert-OH is 1. The summed E-state index contributed by atoms with van der Waals surface area (Å²) in [6.07, 6.45) is -0.458. The maximum absolute atomic E-state index is 15.6. The number of amides is 10. The van der Waals surface area contributed by atoms with Gasteiger partial charge in [-0.15, -0.1) is 11.8 Å². The van der Waals surface area contributed by atoms with Gasteiger partial charge >= 0.3 is 12.1 Å². The molecule has 9 atom stereocenters. The Bertz CT molecular complexity index is 4120. The fraction of sp³-hybridized carbons (Fsp3) is 0.333. The molecule has 1 heterocycles. The van der Waals surface area contributed by atoms with Crippen molar-refractivity contribution in [2.45, 2.75) is 138 Å². The monoisotopic (exact) mass is 1510 g/mol. The van der Waals surface area contributed by atoms with Crippen molar-refractivity contribution < 1.29 is 62.9 Å². The first-order valence-electron chi connectivity index (χ1n) is 35.5. The fourth-order valence-electron chi connectivity index (χ4n) is 12.5. The summed E-state index contributed by atoms with van der Waals surface area (Å²) in [7, 11) is 1.98. The van der Waals surface area contributed by atoms with E-state index in [-0.39, 0.29) is 68.1 Å². The van der Waals surface area contributed by atoms with Gasteiger partial charge in [-0.2, -0.15) is 0 Å². The zero-order chi connectivity index (χ0) is 76.5. The van der Waals surface area contributed by atoms with Crippen molar-refractivity contribution in [3.05, 3.63) is 245 Å². The van der Waals surface area contributed by atoms with Gasteiger partial charge in [0.15, 0.2) is 5.78 Å². The van der Waals surface area contributed by atoms with E-state index >= 15 is 33.6 Å². The van der Waals surface area contributed by atoms with Crippen LogP contribution in [0.4, 0.5) is 15.3 Å². The van der Waals surface area contributed by atoms with Crippen LogP contribution in [-0.4, -0.2) is 147 Å². The summed E-state index contributed by atoms with van der Waals surface area (Å²) in [5, 5.41) is 46.9. The number of anilines is 1. The van der Waals surface area contributed by atoms with Crippen LogP contribution in [0.3, 0.4) is 0 Å². The van der Waals surface area contributed by atoms with Crippen LogP contribution in [0.25, 0.3) is 5.57 Å². The van der Waals surface area contributed by atoms with Gasteiger partial charge in [0.1, 0.15) is 47.6 Å². The third-order valence-electron chi connectivity index (χ3n) is 18.0. The topological polar surface area (TPSA) is 355 Å². The van der Waals surface area contributed by atoms with E-state index in [0.717, 1.165) is 49.4 Å². The second-order valence-corrected chi connectivity index (χ2v) is 31.0. The highest BCUT2D eigenvalue weighted by Crippen LogP contribution is 2.49. The number of thioether (sulfide) groups is 1. The number of phenols is 1. The number of carbonyl (C=O) groups excluding carboxylic acids is 10. The maximum Gasteiger partial charge on any atom is 0.407 e. The first-order chi connectivity index (χ1) is 51.4. The molecule has 0 unspecified atom stereocenters. The minimum atomic E-state index is -1.82. The van der Waals surface area contributed by atoms with Gasteiger partial charge in [0.25, 0.3) is 0 Å². The highest BCUT2D eigenvalue weighted by Gasteiger charge is 2.41. The quantitative estimate of drug-likeness (QED) is 0.0145. The second-order valence-electron chi connectivity index (χ2n) is 27.3. The third kappa shape index (κ3) is 23.8. The number of carbonyl (C=O) groups is 10. The number of para-hydroxylation sites is 1. The predicted octanol–water partition coefficient (Wildman–Crippen LogP) is 8.56. The van der Waals surface area contributed by atoms with Gasteiger partial charge in [-0.1, -0.05) is 204 Å². The molecule has 562 valence electrons. The van der Waals surface area contributed by atoms with Crippen LogP contribution < -0.4 is 53.6 Å². The number of Topliss-reactive ketones (excluding diaryl/α,β-unsaturated/α-hetero) is 1. The van der Waals surface area contributed by atoms with Gasteiger partial charge in [0.2, 0.25) is 41.4 Å². The number of ketones is 1. The van der Waals surface area contributed by atoms with Gasteiger partial charge in [0, 0.05) is 54.7 Å². The van der Waals surface area contributed by atoms with Gasteiger partial charge in [0.05, 0.1) is 16.9 Å². The Morgan fingerprint density at radius 1 is 0.626 bits per heavy atom. The van der Waals surface area contributed by atoms with E-state index in [4.69, 9.17) is 10.5 Å². The number of nitrogens with one attached hydrogen (secondary N) is 9. The number of hydrogen-bond donors (Lipinski definition) is 12. The molecule has 0 saturated carbocycles. The van der Waals surface area contributed by atoms with Crippen molar-refractivity contribution >= 4 is 104 Å². The molecule has 0 aromatic heterocycles. The van der Waals surface area contributed by atoms with E-state index in [1.54, 1.807) is 93.6 Å². The summed E-state index contributed by atoms with van der Waals surface area (Å²) < 4.78 is 4.43. The number of hydrogen-bond acceptors (Lipinski definition) is 16. The average molecular weight is 1510 g/mol. The van der Waals surface area contributed by atoms with Crippen molar-refractivity contribution in [1.82, 2.24) is 42.5 Å². The Hall–Kier alpha value is -10.4. The van der Waals surface area contributed by atoms with E-state index in [0.29, 0.717) is 28.8 Å². The number of benzene rings is 7. The number of primary amides is 1. The Labute approximate surface area is 635 Å². The van der Waals surface area contributed by atoms with Gasteiger partial charge in [-0.05, 0) is 129 Å². The number of aromatic hydroxyl groups is 1. The van der Waals surface area contributed by atoms with Crippen LogP contribution in [0.5, 0.6) is 5.75 Å². The molecule has 7 aromatic rings. The number of fused-ring (bicyclic) bond motifs is 1. The summed E-state index contributed by atoms with van der Waals surface area (Å²) in [4.78, 5) is 147. The molecule has 1 aliphatic heterocycles. The highest BCUT2D eigenvalue weighted by molar-refractivity contribution is 8.76. The standard InChI is InChI=1S/C81H92N10O13S3/c1-51(92)70-77(101)89-68(76(100)88-67(71(82)95)48-105-81(57-27-12-6-13-28-57,58-29-14-7-15-30-58)59-31-16-8-17-32-59)50-107-106-49-66(87-74(98)64(45-52-24-10-5-11-25-52)90-78(102)84-60-33-18-9-19-34-60)69(94)47-56(44-53-37-41-61(93)42-38-53)72(96)86-65(46-55-40-39-54-26-20-21-35-62(54)55)75(99)85-63(73(97)91-70)36-22-23-43-83-79(103)104-80(2,3)4/h5-21,24-35,37-38,40-42,51,56,63-68,70,92-93H,22-23,36,39,43-50H2,1-4H3,(H2,82,95)(H,83,103)(H,85,99)(H,86,96)(H,87,98)(H,88,100)(H,89,101)(H,91,97)(H2,84,90,102)/t51-,56-,63+,64-,65-,66+,67+,68+,70+/m1/s1. The molecule has 2 aliphatic rings. The van der Waals surface area contributed by atoms with Crippen molar-refractivity contribution in [2.75, 3.05) is 29.1 Å². The number of rotatable bonds is 25. The van der Waals surface area contributed by atoms with Gasteiger partial charge < -0.3 is 68.5 Å². The number of ether oxygens (including phenoxy) is 1. The van der Waals surface area contributed by atoms with Gasteiger partial charge in [-0.25, -0.2) is 9.59 Å². The normalized spacial score (nSPS) is 19.2. The predicted molar refractivity (Wildman–Crippen MR) is 417 cm³/mol. The molecule has 1 aliphatic carbocycles. The largest absolute Gasteiger partial charge is 0.508 e. The van der Waals surface area contributed by atoms with Crippen LogP contribution in [0.2, 0.25) is 0 Å². The molecule has 26 heteroatoms. The van der Waals surface area contributed by atoms with Gasteiger partial charge in [-0.3, -0.25) is 38.4 Å². The average Bonchev–Trinajstić information content (AvgIpc) is 1.57. The molecule has 23 nitrogen and oxygen atoms in total. The zero-order valence-electron chi connectivity index (χ0n) is 60.0. The zero-order valence-corrected chi connectivity index (χ0v) is 62.4. The van der Waals surface area contributed by atoms with E-state index in [1.807, 2.05) is 121 Å². The number of aliphatic hydroxyl groups is 1. The second kappa shape index (κ2) is 39.3. The molecular weight excluding hydrogens is 1420 g/mol. The lowest BCUT2D eigenvalue weighted by Gasteiger charge is -2.36. The van der Waals surface area contributed by atoms with Crippen LogP contribution in [-0.2, 0) is 67.1 Å². The van der Waals surface area contributed by atoms with Crippen LogP contribution >= 0.6 is 33.3 Å². The molecule has 1 fully saturated rings. The number of unbranched alkanes of at least 4 members (excludes halogenated alkanes) is 1. The summed E-state index contributed by atoms with van der Waals surface area (Å²) in [5.74, 6) is -8.98. The minimum absolute atomic E-state index is 0.0406. The number of alkyl carbamates (subject to hydrolysis) is 1. The molecule has 107 heavy (non-hydrogen) atoms. The molecule has 0 bridgehead atoms.